The average molecular weight is 467 g/mol. The summed E-state index contributed by atoms with van der Waals surface area (Å²) in [6.45, 7) is 1.27. The number of hydrogen-bond donors (Lipinski definition) is 2. The van der Waals surface area contributed by atoms with E-state index in [-0.39, 0.29) is 10.6 Å². The Bertz CT molecular complexity index is 1200. The summed E-state index contributed by atoms with van der Waals surface area (Å²) in [5, 5.41) is 2.52. The van der Waals surface area contributed by atoms with Crippen molar-refractivity contribution in [3.63, 3.8) is 0 Å². The van der Waals surface area contributed by atoms with Gasteiger partial charge >= 0.3 is 0 Å². The summed E-state index contributed by atoms with van der Waals surface area (Å²) in [5.41, 5.74) is 0.556. The van der Waals surface area contributed by atoms with Gasteiger partial charge in [0.15, 0.2) is 6.61 Å². The number of benzene rings is 3. The number of hydrogen-bond acceptors (Lipinski definition) is 4. The van der Waals surface area contributed by atoms with Crippen molar-refractivity contribution in [3.8, 4) is 5.75 Å². The van der Waals surface area contributed by atoms with E-state index in [1.807, 2.05) is 0 Å². The molecule has 3 aromatic rings. The summed E-state index contributed by atoms with van der Waals surface area (Å²) in [6.07, 6.45) is 0. The van der Waals surface area contributed by atoms with Gasteiger partial charge in [-0.25, -0.2) is 17.2 Å². The Morgan fingerprint density at radius 1 is 1.03 bits per heavy atom. The molecule has 0 aliphatic rings. The third-order valence-electron chi connectivity index (χ3n) is 4.16. The largest absolute Gasteiger partial charge is 0.484 e. The number of sulfonamides is 1. The third-order valence-corrected chi connectivity index (χ3v) is 5.96. The molecule has 31 heavy (non-hydrogen) atoms. The minimum absolute atomic E-state index is 0.0329. The molecule has 0 aromatic heterocycles. The number of carbonyl (C=O) groups is 1. The van der Waals surface area contributed by atoms with E-state index in [4.69, 9.17) is 16.3 Å². The molecule has 0 bridgehead atoms. The minimum Gasteiger partial charge on any atom is -0.484 e. The number of rotatable bonds is 7. The molecule has 1 amide bonds. The van der Waals surface area contributed by atoms with Crippen molar-refractivity contribution < 1.29 is 26.7 Å². The third kappa shape index (κ3) is 5.71. The Hall–Kier alpha value is -3.17. The van der Waals surface area contributed by atoms with Gasteiger partial charge in [0, 0.05) is 5.02 Å². The molecule has 0 aliphatic heterocycles. The zero-order valence-electron chi connectivity index (χ0n) is 16.2. The standard InChI is InChI=1S/C21H17ClF2N2O4S/c1-13-5-6-14(11-17(13)22)26-31(28,29)16-9-7-15(8-10-16)30-12-20(27)25-21-18(23)3-2-4-19(21)24/h2-11,26H,12H2,1H3,(H,25,27). The van der Waals surface area contributed by atoms with Gasteiger partial charge in [0.2, 0.25) is 0 Å². The predicted octanol–water partition coefficient (Wildman–Crippen LogP) is 4.74. The van der Waals surface area contributed by atoms with Crippen LogP contribution in [-0.4, -0.2) is 20.9 Å². The van der Waals surface area contributed by atoms with Crippen molar-refractivity contribution in [2.45, 2.75) is 11.8 Å². The van der Waals surface area contributed by atoms with Crippen LogP contribution >= 0.6 is 11.6 Å². The molecule has 0 saturated carbocycles. The molecule has 0 radical (unpaired) electrons. The number of para-hydroxylation sites is 1. The van der Waals surface area contributed by atoms with Crippen LogP contribution in [0, 0.1) is 18.6 Å². The fraction of sp³-hybridized carbons (Fsp3) is 0.0952. The zero-order valence-corrected chi connectivity index (χ0v) is 17.7. The van der Waals surface area contributed by atoms with Crippen LogP contribution < -0.4 is 14.8 Å². The second-order valence-corrected chi connectivity index (χ2v) is 8.56. The first-order valence-corrected chi connectivity index (χ1v) is 10.8. The highest BCUT2D eigenvalue weighted by molar-refractivity contribution is 7.92. The van der Waals surface area contributed by atoms with Gasteiger partial charge in [-0.3, -0.25) is 9.52 Å². The molecule has 0 fully saturated rings. The van der Waals surface area contributed by atoms with Crippen molar-refractivity contribution in [1.29, 1.82) is 0 Å². The van der Waals surface area contributed by atoms with Gasteiger partial charge in [-0.2, -0.15) is 0 Å². The summed E-state index contributed by atoms with van der Waals surface area (Å²) in [7, 11) is -3.87. The zero-order chi connectivity index (χ0) is 22.6. The normalized spacial score (nSPS) is 11.1. The van der Waals surface area contributed by atoms with E-state index in [1.54, 1.807) is 19.1 Å². The van der Waals surface area contributed by atoms with E-state index >= 15 is 0 Å². The van der Waals surface area contributed by atoms with Gasteiger partial charge in [0.05, 0.1) is 10.6 Å². The molecule has 162 valence electrons. The lowest BCUT2D eigenvalue weighted by Gasteiger charge is -2.11. The maximum absolute atomic E-state index is 13.6. The molecule has 0 atom stereocenters. The van der Waals surface area contributed by atoms with Crippen molar-refractivity contribution in [1.82, 2.24) is 0 Å². The first-order chi connectivity index (χ1) is 14.7. The van der Waals surface area contributed by atoms with E-state index in [1.165, 1.54) is 36.4 Å². The van der Waals surface area contributed by atoms with Gasteiger partial charge < -0.3 is 10.1 Å². The molecule has 2 N–H and O–H groups in total. The Balaban J connectivity index is 1.61. The number of amides is 1. The van der Waals surface area contributed by atoms with Crippen LogP contribution in [0.25, 0.3) is 0 Å². The quantitative estimate of drug-likeness (QED) is 0.526. The first kappa shape index (κ1) is 22.5. The molecule has 0 unspecified atom stereocenters. The highest BCUT2D eigenvalue weighted by Gasteiger charge is 2.16. The summed E-state index contributed by atoms with van der Waals surface area (Å²) < 4.78 is 59.8. The minimum atomic E-state index is -3.87. The highest BCUT2D eigenvalue weighted by Crippen LogP contribution is 2.24. The van der Waals surface area contributed by atoms with E-state index in [9.17, 15) is 22.0 Å². The molecular formula is C21H17ClF2N2O4S. The van der Waals surface area contributed by atoms with Crippen LogP contribution in [-0.2, 0) is 14.8 Å². The summed E-state index contributed by atoms with van der Waals surface area (Å²) >= 11 is 6.01. The Morgan fingerprint density at radius 2 is 1.68 bits per heavy atom. The lowest BCUT2D eigenvalue weighted by atomic mass is 10.2. The highest BCUT2D eigenvalue weighted by atomic mass is 35.5. The fourth-order valence-electron chi connectivity index (χ4n) is 2.53. The number of ether oxygens (including phenoxy) is 1. The van der Waals surface area contributed by atoms with Crippen LogP contribution in [0.1, 0.15) is 5.56 Å². The lowest BCUT2D eigenvalue weighted by Crippen LogP contribution is -2.21. The van der Waals surface area contributed by atoms with Gasteiger partial charge in [-0.1, -0.05) is 23.7 Å². The molecule has 3 rings (SSSR count). The van der Waals surface area contributed by atoms with E-state index in [0.29, 0.717) is 10.7 Å². The molecule has 0 spiro atoms. The lowest BCUT2D eigenvalue weighted by molar-refractivity contribution is -0.118. The van der Waals surface area contributed by atoms with Crippen LogP contribution in [0.3, 0.4) is 0 Å². The molecule has 0 aliphatic carbocycles. The van der Waals surface area contributed by atoms with Crippen molar-refractivity contribution in [2.24, 2.45) is 0 Å². The monoisotopic (exact) mass is 466 g/mol. The smallest absolute Gasteiger partial charge is 0.262 e. The Kier molecular flexibility index (Phi) is 6.77. The maximum atomic E-state index is 13.6. The van der Waals surface area contributed by atoms with Crippen molar-refractivity contribution in [3.05, 3.63) is 82.9 Å². The molecule has 0 saturated heterocycles. The maximum Gasteiger partial charge on any atom is 0.262 e. The molecule has 3 aromatic carbocycles. The van der Waals surface area contributed by atoms with Crippen molar-refractivity contribution >= 4 is 38.9 Å². The number of anilines is 2. The Morgan fingerprint density at radius 3 is 2.29 bits per heavy atom. The molecule has 0 heterocycles. The fourth-order valence-corrected chi connectivity index (χ4v) is 3.76. The second kappa shape index (κ2) is 9.32. The van der Waals surface area contributed by atoms with E-state index in [2.05, 4.69) is 10.0 Å². The Labute approximate surface area is 182 Å². The van der Waals surface area contributed by atoms with Crippen LogP contribution in [0.2, 0.25) is 5.02 Å². The first-order valence-electron chi connectivity index (χ1n) is 8.91. The summed E-state index contributed by atoms with van der Waals surface area (Å²) in [4.78, 5) is 11.9. The number of nitrogens with one attached hydrogen (secondary N) is 2. The average Bonchev–Trinajstić information content (AvgIpc) is 2.72. The summed E-state index contributed by atoms with van der Waals surface area (Å²) in [6, 6.07) is 13.3. The SMILES string of the molecule is Cc1ccc(NS(=O)(=O)c2ccc(OCC(=O)Nc3c(F)cccc3F)cc2)cc1Cl. The molecular weight excluding hydrogens is 450 g/mol. The number of carbonyl (C=O) groups excluding carboxylic acids is 1. The van der Waals surface area contributed by atoms with Gasteiger partial charge in [0.1, 0.15) is 23.1 Å². The van der Waals surface area contributed by atoms with Crippen LogP contribution in [0.4, 0.5) is 20.2 Å². The molecule has 6 nitrogen and oxygen atoms in total. The topological polar surface area (TPSA) is 84.5 Å². The van der Waals surface area contributed by atoms with Crippen LogP contribution in [0.15, 0.2) is 65.6 Å². The predicted molar refractivity (Wildman–Crippen MR) is 114 cm³/mol. The summed E-state index contributed by atoms with van der Waals surface area (Å²) in [5.74, 6) is -2.41. The van der Waals surface area contributed by atoms with E-state index in [0.717, 1.165) is 17.7 Å². The molecule has 10 heteroatoms. The van der Waals surface area contributed by atoms with E-state index < -0.39 is 39.9 Å². The van der Waals surface area contributed by atoms with Gasteiger partial charge in [-0.15, -0.1) is 0 Å². The van der Waals surface area contributed by atoms with Gasteiger partial charge in [-0.05, 0) is 61.0 Å². The second-order valence-electron chi connectivity index (χ2n) is 6.47. The van der Waals surface area contributed by atoms with Gasteiger partial charge in [0.25, 0.3) is 15.9 Å². The number of aryl methyl sites for hydroxylation is 1. The number of halogens is 3. The van der Waals surface area contributed by atoms with Crippen molar-refractivity contribution in [2.75, 3.05) is 16.6 Å². The van der Waals surface area contributed by atoms with Crippen LogP contribution in [0.5, 0.6) is 5.75 Å².